The maximum atomic E-state index is 12.3. The van der Waals surface area contributed by atoms with E-state index in [1.807, 2.05) is 24.3 Å². The standard InChI is InChI=1S/C19H20F3NO3/c1-2-25-18(24)11-14-5-3-6-15(9-14)12-23-13-16-7-4-8-17(10-16)26-19(20,21)22/h3-10,23H,2,11-13H2,1H3. The van der Waals surface area contributed by atoms with Crippen LogP contribution in [0.5, 0.6) is 5.75 Å². The Labute approximate surface area is 149 Å². The number of carbonyl (C=O) groups is 1. The van der Waals surface area contributed by atoms with E-state index < -0.39 is 6.36 Å². The summed E-state index contributed by atoms with van der Waals surface area (Å²) in [5, 5.41) is 3.16. The first kappa shape index (κ1) is 19.8. The van der Waals surface area contributed by atoms with Crippen molar-refractivity contribution < 1.29 is 27.4 Å². The fraction of sp³-hybridized carbons (Fsp3) is 0.316. The third-order valence-electron chi connectivity index (χ3n) is 3.44. The van der Waals surface area contributed by atoms with Crippen LogP contribution in [-0.2, 0) is 29.0 Å². The van der Waals surface area contributed by atoms with Gasteiger partial charge in [0.2, 0.25) is 0 Å². The van der Waals surface area contributed by atoms with Crippen molar-refractivity contribution in [2.45, 2.75) is 32.8 Å². The van der Waals surface area contributed by atoms with Gasteiger partial charge in [-0.05, 0) is 35.7 Å². The van der Waals surface area contributed by atoms with E-state index in [-0.39, 0.29) is 18.1 Å². The number of hydrogen-bond donors (Lipinski definition) is 1. The monoisotopic (exact) mass is 367 g/mol. The molecule has 0 saturated carbocycles. The Balaban J connectivity index is 1.88. The molecule has 4 nitrogen and oxygen atoms in total. The van der Waals surface area contributed by atoms with Crippen LogP contribution in [0.4, 0.5) is 13.2 Å². The quantitative estimate of drug-likeness (QED) is 0.717. The van der Waals surface area contributed by atoms with Gasteiger partial charge < -0.3 is 14.8 Å². The Morgan fingerprint density at radius 2 is 1.62 bits per heavy atom. The van der Waals surface area contributed by atoms with Gasteiger partial charge in [0.1, 0.15) is 5.75 Å². The third kappa shape index (κ3) is 7.14. The summed E-state index contributed by atoms with van der Waals surface area (Å²) in [5.41, 5.74) is 2.49. The summed E-state index contributed by atoms with van der Waals surface area (Å²) in [6.45, 7) is 3.00. The number of nitrogens with one attached hydrogen (secondary N) is 1. The zero-order chi connectivity index (χ0) is 19.0. The number of alkyl halides is 3. The van der Waals surface area contributed by atoms with Gasteiger partial charge in [-0.25, -0.2) is 0 Å². The lowest BCUT2D eigenvalue weighted by atomic mass is 10.1. The normalized spacial score (nSPS) is 11.2. The maximum absolute atomic E-state index is 12.3. The average molecular weight is 367 g/mol. The molecule has 0 aromatic heterocycles. The smallest absolute Gasteiger partial charge is 0.466 e. The lowest BCUT2D eigenvalue weighted by Crippen LogP contribution is -2.17. The number of hydrogen-bond acceptors (Lipinski definition) is 4. The molecule has 0 heterocycles. The van der Waals surface area contributed by atoms with E-state index in [1.165, 1.54) is 18.2 Å². The Bertz CT molecular complexity index is 732. The first-order valence-corrected chi connectivity index (χ1v) is 8.14. The van der Waals surface area contributed by atoms with Crippen molar-refractivity contribution in [2.75, 3.05) is 6.61 Å². The SMILES string of the molecule is CCOC(=O)Cc1cccc(CNCc2cccc(OC(F)(F)F)c2)c1. The molecule has 0 atom stereocenters. The molecule has 2 aromatic rings. The lowest BCUT2D eigenvalue weighted by Gasteiger charge is -2.11. The third-order valence-corrected chi connectivity index (χ3v) is 3.44. The summed E-state index contributed by atoms with van der Waals surface area (Å²) in [7, 11) is 0. The minimum absolute atomic E-state index is 0.207. The van der Waals surface area contributed by atoms with E-state index in [0.717, 1.165) is 11.1 Å². The Hall–Kier alpha value is -2.54. The molecule has 0 amide bonds. The van der Waals surface area contributed by atoms with E-state index in [2.05, 4.69) is 10.1 Å². The van der Waals surface area contributed by atoms with Gasteiger partial charge in [-0.1, -0.05) is 36.4 Å². The lowest BCUT2D eigenvalue weighted by molar-refractivity contribution is -0.274. The van der Waals surface area contributed by atoms with Gasteiger partial charge in [0.05, 0.1) is 13.0 Å². The van der Waals surface area contributed by atoms with Gasteiger partial charge in [0.25, 0.3) is 0 Å². The predicted octanol–water partition coefficient (Wildman–Crippen LogP) is 3.98. The first-order chi connectivity index (χ1) is 12.4. The summed E-state index contributed by atoms with van der Waals surface area (Å²) < 4.78 is 45.6. The summed E-state index contributed by atoms with van der Waals surface area (Å²) in [6, 6.07) is 13.3. The van der Waals surface area contributed by atoms with E-state index in [1.54, 1.807) is 13.0 Å². The van der Waals surface area contributed by atoms with Crippen molar-refractivity contribution in [1.82, 2.24) is 5.32 Å². The fourth-order valence-electron chi connectivity index (χ4n) is 2.43. The predicted molar refractivity (Wildman–Crippen MR) is 90.4 cm³/mol. The zero-order valence-corrected chi connectivity index (χ0v) is 14.3. The van der Waals surface area contributed by atoms with E-state index in [4.69, 9.17) is 4.74 Å². The second-order valence-corrected chi connectivity index (χ2v) is 5.60. The maximum Gasteiger partial charge on any atom is 0.573 e. The highest BCUT2D eigenvalue weighted by atomic mass is 19.4. The number of ether oxygens (including phenoxy) is 2. The minimum Gasteiger partial charge on any atom is -0.466 e. The van der Waals surface area contributed by atoms with Gasteiger partial charge in [0.15, 0.2) is 0 Å². The molecule has 2 aromatic carbocycles. The summed E-state index contributed by atoms with van der Waals surface area (Å²) >= 11 is 0. The average Bonchev–Trinajstić information content (AvgIpc) is 2.54. The topological polar surface area (TPSA) is 47.6 Å². The summed E-state index contributed by atoms with van der Waals surface area (Å²) in [4.78, 5) is 11.5. The van der Waals surface area contributed by atoms with Crippen molar-refractivity contribution in [1.29, 1.82) is 0 Å². The van der Waals surface area contributed by atoms with Crippen LogP contribution >= 0.6 is 0 Å². The van der Waals surface area contributed by atoms with Crippen molar-refractivity contribution in [3.63, 3.8) is 0 Å². The molecule has 0 aliphatic heterocycles. The molecule has 0 radical (unpaired) electrons. The molecule has 2 rings (SSSR count). The molecule has 0 aliphatic rings. The number of carbonyl (C=O) groups excluding carboxylic acids is 1. The number of rotatable bonds is 8. The van der Waals surface area contributed by atoms with Crippen LogP contribution in [0, 0.1) is 0 Å². The largest absolute Gasteiger partial charge is 0.573 e. The first-order valence-electron chi connectivity index (χ1n) is 8.14. The minimum atomic E-state index is -4.70. The van der Waals surface area contributed by atoms with Crippen LogP contribution in [0.15, 0.2) is 48.5 Å². The molecule has 0 bridgehead atoms. The van der Waals surface area contributed by atoms with Gasteiger partial charge in [-0.15, -0.1) is 13.2 Å². The number of benzene rings is 2. The second kappa shape index (κ2) is 9.24. The van der Waals surface area contributed by atoms with Crippen LogP contribution in [0.25, 0.3) is 0 Å². The van der Waals surface area contributed by atoms with E-state index in [9.17, 15) is 18.0 Å². The molecule has 0 fully saturated rings. The summed E-state index contributed by atoms with van der Waals surface area (Å²) in [6.07, 6.45) is -4.50. The van der Waals surface area contributed by atoms with Crippen LogP contribution in [0.3, 0.4) is 0 Å². The van der Waals surface area contributed by atoms with Crippen LogP contribution < -0.4 is 10.1 Å². The number of halogens is 3. The van der Waals surface area contributed by atoms with Gasteiger partial charge in [-0.3, -0.25) is 4.79 Å². The molecule has 0 spiro atoms. The Kier molecular flexibility index (Phi) is 7.03. The van der Waals surface area contributed by atoms with Crippen LogP contribution in [0.1, 0.15) is 23.6 Å². The van der Waals surface area contributed by atoms with Crippen molar-refractivity contribution in [3.8, 4) is 5.75 Å². The van der Waals surface area contributed by atoms with Crippen molar-refractivity contribution in [3.05, 3.63) is 65.2 Å². The van der Waals surface area contributed by atoms with Gasteiger partial charge in [-0.2, -0.15) is 0 Å². The number of esters is 1. The highest BCUT2D eigenvalue weighted by Crippen LogP contribution is 2.23. The van der Waals surface area contributed by atoms with E-state index >= 15 is 0 Å². The van der Waals surface area contributed by atoms with Crippen molar-refractivity contribution >= 4 is 5.97 Å². The summed E-state index contributed by atoms with van der Waals surface area (Å²) in [5.74, 6) is -0.521. The molecular formula is C19H20F3NO3. The Morgan fingerprint density at radius 3 is 2.27 bits per heavy atom. The zero-order valence-electron chi connectivity index (χ0n) is 14.3. The second-order valence-electron chi connectivity index (χ2n) is 5.60. The molecule has 0 saturated heterocycles. The van der Waals surface area contributed by atoms with Crippen LogP contribution in [0.2, 0.25) is 0 Å². The Morgan fingerprint density at radius 1 is 1.00 bits per heavy atom. The molecule has 140 valence electrons. The molecule has 7 heteroatoms. The molecular weight excluding hydrogens is 347 g/mol. The highest BCUT2D eigenvalue weighted by Gasteiger charge is 2.31. The highest BCUT2D eigenvalue weighted by molar-refractivity contribution is 5.72. The molecule has 0 unspecified atom stereocenters. The van der Waals surface area contributed by atoms with Gasteiger partial charge >= 0.3 is 12.3 Å². The fourth-order valence-corrected chi connectivity index (χ4v) is 2.43. The molecule has 26 heavy (non-hydrogen) atoms. The van der Waals surface area contributed by atoms with Gasteiger partial charge in [0, 0.05) is 13.1 Å². The molecule has 1 N–H and O–H groups in total. The molecule has 0 aliphatic carbocycles. The van der Waals surface area contributed by atoms with E-state index in [0.29, 0.717) is 25.3 Å². The van der Waals surface area contributed by atoms with Crippen molar-refractivity contribution in [2.24, 2.45) is 0 Å². The van der Waals surface area contributed by atoms with Crippen LogP contribution in [-0.4, -0.2) is 18.9 Å².